The molecule has 5 aromatic rings. The molecule has 206 valence electrons. The molecule has 7 nitrogen and oxygen atoms in total. The number of carbonyl (C=O) groups excluding carboxylic acids is 1. The number of aliphatic carboxylic acids is 1. The first-order valence-electron chi connectivity index (χ1n) is 13.6. The van der Waals surface area contributed by atoms with E-state index in [9.17, 15) is 14.7 Å². The third-order valence-electron chi connectivity index (χ3n) is 7.60. The van der Waals surface area contributed by atoms with E-state index in [1.165, 1.54) is 0 Å². The van der Waals surface area contributed by atoms with Gasteiger partial charge in [0.15, 0.2) is 6.04 Å². The van der Waals surface area contributed by atoms with Crippen LogP contribution in [0.3, 0.4) is 0 Å². The summed E-state index contributed by atoms with van der Waals surface area (Å²) in [5.74, 6) is -1.15. The van der Waals surface area contributed by atoms with Gasteiger partial charge in [0.1, 0.15) is 17.9 Å². The Balaban J connectivity index is 1.22. The van der Waals surface area contributed by atoms with Crippen LogP contribution in [0.15, 0.2) is 108 Å². The van der Waals surface area contributed by atoms with E-state index in [1.807, 2.05) is 72.8 Å². The van der Waals surface area contributed by atoms with Crippen molar-refractivity contribution in [1.29, 1.82) is 0 Å². The largest absolute Gasteiger partial charge is 0.489 e. The first kappa shape index (κ1) is 26.3. The lowest BCUT2D eigenvalue weighted by molar-refractivity contribution is -0.142. The average molecular weight is 547 g/mol. The highest BCUT2D eigenvalue weighted by Crippen LogP contribution is 2.47. The molecule has 1 saturated carbocycles. The second kappa shape index (κ2) is 11.3. The van der Waals surface area contributed by atoms with Crippen LogP contribution in [-0.2, 0) is 22.7 Å². The van der Waals surface area contributed by atoms with Crippen molar-refractivity contribution in [3.8, 4) is 16.9 Å². The Hall–Kier alpha value is -4.88. The Kier molecular flexibility index (Phi) is 7.27. The number of fused-ring (bicyclic) bond motifs is 1. The van der Waals surface area contributed by atoms with Crippen molar-refractivity contribution in [1.82, 2.24) is 5.32 Å². The van der Waals surface area contributed by atoms with Crippen molar-refractivity contribution in [3.63, 3.8) is 0 Å². The Morgan fingerprint density at radius 1 is 0.951 bits per heavy atom. The standard InChI is InChI=1S/C34H30N2O5/c35-19-21-7-6-10-24(15-21)28-17-22(16-25-13-14-40-32(25)28)20-41-30-12-5-4-11-26(30)31(34(38)39)36-33(37)29-18-27(29)23-8-2-1-3-9-23/h1-17,27,29,31H,18-20,35H2,(H,36,37)(H,38,39)/t27-,29+,31?/m0/s1. The van der Waals surface area contributed by atoms with Gasteiger partial charge in [-0.2, -0.15) is 0 Å². The molecule has 1 amide bonds. The van der Waals surface area contributed by atoms with Crippen LogP contribution in [0.5, 0.6) is 5.75 Å². The number of furan rings is 1. The van der Waals surface area contributed by atoms with Gasteiger partial charge >= 0.3 is 5.97 Å². The molecule has 1 heterocycles. The van der Waals surface area contributed by atoms with E-state index in [4.69, 9.17) is 14.9 Å². The molecule has 1 aromatic heterocycles. The Morgan fingerprint density at radius 3 is 2.56 bits per heavy atom. The summed E-state index contributed by atoms with van der Waals surface area (Å²) in [6.07, 6.45) is 2.36. The van der Waals surface area contributed by atoms with Gasteiger partial charge in [-0.05, 0) is 64.9 Å². The number of rotatable bonds is 10. The molecule has 0 saturated heterocycles. The lowest BCUT2D eigenvalue weighted by Gasteiger charge is -2.19. The number of amides is 1. The quantitative estimate of drug-likeness (QED) is 0.193. The second-order valence-corrected chi connectivity index (χ2v) is 10.4. The number of para-hydroxylation sites is 1. The van der Waals surface area contributed by atoms with E-state index in [-0.39, 0.29) is 24.3 Å². The number of nitrogens with two attached hydrogens (primary N) is 1. The highest BCUT2D eigenvalue weighted by molar-refractivity contribution is 5.93. The van der Waals surface area contributed by atoms with Crippen molar-refractivity contribution in [2.75, 3.05) is 0 Å². The summed E-state index contributed by atoms with van der Waals surface area (Å²) in [7, 11) is 0. The molecular weight excluding hydrogens is 516 g/mol. The molecule has 1 aliphatic carbocycles. The first-order chi connectivity index (χ1) is 20.0. The van der Waals surface area contributed by atoms with E-state index in [0.717, 1.165) is 38.8 Å². The highest BCUT2D eigenvalue weighted by Gasteiger charge is 2.45. The minimum atomic E-state index is -1.23. The Bertz CT molecular complexity index is 1710. The zero-order valence-electron chi connectivity index (χ0n) is 22.3. The fourth-order valence-electron chi connectivity index (χ4n) is 5.39. The molecule has 1 aliphatic rings. The maximum absolute atomic E-state index is 13.1. The van der Waals surface area contributed by atoms with E-state index in [1.54, 1.807) is 30.5 Å². The molecule has 1 unspecified atom stereocenters. The third kappa shape index (κ3) is 5.58. The summed E-state index contributed by atoms with van der Waals surface area (Å²) < 4.78 is 12.0. The SMILES string of the molecule is NCc1cccc(-c2cc(COc3ccccc3C(NC(=O)[C@@H]3C[C@H]3c3ccccc3)C(=O)O)cc3ccoc23)c1. The molecule has 41 heavy (non-hydrogen) atoms. The monoisotopic (exact) mass is 546 g/mol. The van der Waals surface area contributed by atoms with Crippen molar-refractivity contribution >= 4 is 22.8 Å². The molecule has 4 N–H and O–H groups in total. The number of nitrogens with one attached hydrogen (secondary N) is 1. The molecule has 7 heteroatoms. The van der Waals surface area contributed by atoms with Gasteiger partial charge < -0.3 is 25.3 Å². The maximum Gasteiger partial charge on any atom is 0.331 e. The maximum atomic E-state index is 13.1. The van der Waals surface area contributed by atoms with Gasteiger partial charge in [-0.1, -0.05) is 66.7 Å². The highest BCUT2D eigenvalue weighted by atomic mass is 16.5. The number of hydrogen-bond donors (Lipinski definition) is 3. The van der Waals surface area contributed by atoms with E-state index < -0.39 is 12.0 Å². The molecular formula is C34H30N2O5. The molecule has 6 rings (SSSR count). The first-order valence-corrected chi connectivity index (χ1v) is 13.6. The molecule has 0 radical (unpaired) electrons. The molecule has 1 fully saturated rings. The van der Waals surface area contributed by atoms with E-state index >= 15 is 0 Å². The van der Waals surface area contributed by atoms with Crippen LogP contribution in [-0.4, -0.2) is 17.0 Å². The zero-order chi connectivity index (χ0) is 28.3. The summed E-state index contributed by atoms with van der Waals surface area (Å²) in [4.78, 5) is 25.4. The van der Waals surface area contributed by atoms with Crippen LogP contribution in [0.2, 0.25) is 0 Å². The third-order valence-corrected chi connectivity index (χ3v) is 7.60. The van der Waals surface area contributed by atoms with Gasteiger partial charge in [-0.3, -0.25) is 4.79 Å². The van der Waals surface area contributed by atoms with Crippen LogP contribution in [0.25, 0.3) is 22.1 Å². The number of carbonyl (C=O) groups is 2. The van der Waals surface area contributed by atoms with Crippen molar-refractivity contribution < 1.29 is 23.8 Å². The number of benzene rings is 4. The van der Waals surface area contributed by atoms with Gasteiger partial charge in [0, 0.05) is 29.0 Å². The van der Waals surface area contributed by atoms with Gasteiger partial charge in [-0.25, -0.2) is 4.79 Å². The predicted octanol–water partition coefficient (Wildman–Crippen LogP) is 6.18. The summed E-state index contributed by atoms with van der Waals surface area (Å²) >= 11 is 0. The molecule has 3 atom stereocenters. The topological polar surface area (TPSA) is 115 Å². The van der Waals surface area contributed by atoms with E-state index in [0.29, 0.717) is 24.3 Å². The lowest BCUT2D eigenvalue weighted by Crippen LogP contribution is -2.35. The fraction of sp³-hybridized carbons (Fsp3) is 0.176. The second-order valence-electron chi connectivity index (χ2n) is 10.4. The number of carboxylic acid groups (broad SMARTS) is 1. The smallest absolute Gasteiger partial charge is 0.331 e. The fourth-order valence-corrected chi connectivity index (χ4v) is 5.39. The van der Waals surface area contributed by atoms with Gasteiger partial charge in [0.25, 0.3) is 0 Å². The van der Waals surface area contributed by atoms with Crippen LogP contribution in [0.4, 0.5) is 0 Å². The number of ether oxygens (including phenoxy) is 1. The molecule has 0 aliphatic heterocycles. The minimum absolute atomic E-state index is 0.106. The number of carboxylic acids is 1. The minimum Gasteiger partial charge on any atom is -0.489 e. The van der Waals surface area contributed by atoms with Gasteiger partial charge in [0.2, 0.25) is 5.91 Å². The zero-order valence-corrected chi connectivity index (χ0v) is 22.3. The summed E-state index contributed by atoms with van der Waals surface area (Å²) in [5, 5.41) is 13.8. The summed E-state index contributed by atoms with van der Waals surface area (Å²) in [6, 6.07) is 29.4. The van der Waals surface area contributed by atoms with Crippen LogP contribution in [0.1, 0.15) is 40.6 Å². The summed E-state index contributed by atoms with van der Waals surface area (Å²) in [5.41, 5.74) is 11.9. The molecule has 0 bridgehead atoms. The van der Waals surface area contributed by atoms with Gasteiger partial charge in [0.05, 0.1) is 6.26 Å². The van der Waals surface area contributed by atoms with Crippen molar-refractivity contribution in [3.05, 3.63) is 126 Å². The summed E-state index contributed by atoms with van der Waals surface area (Å²) in [6.45, 7) is 0.629. The van der Waals surface area contributed by atoms with Gasteiger partial charge in [-0.15, -0.1) is 0 Å². The van der Waals surface area contributed by atoms with Crippen molar-refractivity contribution in [2.24, 2.45) is 11.7 Å². The Labute approximate surface area is 237 Å². The van der Waals surface area contributed by atoms with Crippen LogP contribution in [0, 0.1) is 5.92 Å². The number of hydrogen-bond acceptors (Lipinski definition) is 5. The van der Waals surface area contributed by atoms with Crippen LogP contribution >= 0.6 is 0 Å². The molecule has 0 spiro atoms. The van der Waals surface area contributed by atoms with Crippen LogP contribution < -0.4 is 15.8 Å². The average Bonchev–Trinajstić information content (AvgIpc) is 3.68. The van der Waals surface area contributed by atoms with Crippen molar-refractivity contribution in [2.45, 2.75) is 31.5 Å². The molecule has 4 aromatic carbocycles. The predicted molar refractivity (Wildman–Crippen MR) is 156 cm³/mol. The normalized spacial score (nSPS) is 16.7. The van der Waals surface area contributed by atoms with E-state index in [2.05, 4.69) is 5.32 Å². The lowest BCUT2D eigenvalue weighted by atomic mass is 9.99. The Morgan fingerprint density at radius 2 is 1.76 bits per heavy atom.